The Morgan fingerprint density at radius 1 is 1.56 bits per heavy atom. The van der Waals surface area contributed by atoms with Crippen molar-refractivity contribution in [3.63, 3.8) is 0 Å². The first-order chi connectivity index (χ1) is 8.54. The zero-order valence-electron chi connectivity index (χ0n) is 9.18. The average Bonchev–Trinajstić information content (AvgIpc) is 2.89. The molecule has 0 radical (unpaired) electrons. The Morgan fingerprint density at radius 2 is 2.28 bits per heavy atom. The maximum Gasteiger partial charge on any atom is 0.270 e. The number of hydrogen-bond donors (Lipinski definition) is 5. The van der Waals surface area contributed by atoms with Crippen molar-refractivity contribution >= 4 is 5.91 Å². The van der Waals surface area contributed by atoms with E-state index in [1.165, 1.54) is 6.33 Å². The number of H-pyrrole nitrogens is 1. The molecule has 0 bridgehead atoms. The number of nitrogens with one attached hydrogen (secondary N) is 1. The quantitative estimate of drug-likeness (QED) is 0.395. The highest BCUT2D eigenvalue weighted by Gasteiger charge is 2.44. The van der Waals surface area contributed by atoms with E-state index in [0.29, 0.717) is 0 Å². The number of carbonyl (C=O) groups excluding carboxylic acids is 1. The van der Waals surface area contributed by atoms with Crippen molar-refractivity contribution in [1.82, 2.24) is 9.97 Å². The van der Waals surface area contributed by atoms with Gasteiger partial charge in [-0.15, -0.1) is 0 Å². The number of imidazole rings is 1. The van der Waals surface area contributed by atoms with Gasteiger partial charge in [0.05, 0.1) is 12.9 Å². The van der Waals surface area contributed by atoms with E-state index < -0.39 is 37.1 Å². The van der Waals surface area contributed by atoms with Crippen LogP contribution in [0.2, 0.25) is 0 Å². The molecule has 1 saturated heterocycles. The van der Waals surface area contributed by atoms with Crippen LogP contribution in [0.1, 0.15) is 10.5 Å². The van der Waals surface area contributed by atoms with Gasteiger partial charge in [-0.05, 0) is 0 Å². The van der Waals surface area contributed by atoms with E-state index in [1.807, 2.05) is 0 Å². The summed E-state index contributed by atoms with van der Waals surface area (Å²) in [5, 5.41) is 28.0. The summed E-state index contributed by atoms with van der Waals surface area (Å²) in [6, 6.07) is 0. The minimum atomic E-state index is -1.36. The summed E-state index contributed by atoms with van der Waals surface area (Å²) >= 11 is 0. The van der Waals surface area contributed by atoms with Gasteiger partial charge in [-0.2, -0.15) is 0 Å². The molecule has 1 fully saturated rings. The molecule has 0 spiro atoms. The fourth-order valence-electron chi connectivity index (χ4n) is 1.62. The van der Waals surface area contributed by atoms with Gasteiger partial charge in [0.1, 0.15) is 18.3 Å². The second-order valence-corrected chi connectivity index (χ2v) is 3.77. The summed E-state index contributed by atoms with van der Waals surface area (Å²) in [6.45, 7) is -0.471. The highest BCUT2D eigenvalue weighted by molar-refractivity contribution is 5.93. The summed E-state index contributed by atoms with van der Waals surface area (Å²) in [5.74, 6) is -0.924. The molecule has 1 amide bonds. The predicted molar refractivity (Wildman–Crippen MR) is 55.5 cm³/mol. The van der Waals surface area contributed by atoms with E-state index in [2.05, 4.69) is 9.97 Å². The number of nitrogens with zero attached hydrogens (tertiary/aromatic N) is 1. The molecule has 0 saturated carbocycles. The third-order valence-corrected chi connectivity index (χ3v) is 2.58. The van der Waals surface area contributed by atoms with Gasteiger partial charge in [-0.1, -0.05) is 0 Å². The first-order valence-electron chi connectivity index (χ1n) is 5.17. The fraction of sp³-hybridized carbons (Fsp3) is 0.556. The van der Waals surface area contributed by atoms with Crippen LogP contribution in [-0.2, 0) is 4.74 Å². The molecule has 2 rings (SSSR count). The smallest absolute Gasteiger partial charge is 0.270 e. The number of aliphatic hydroxyl groups excluding tert-OH is 3. The maximum absolute atomic E-state index is 11.0. The zero-order valence-corrected chi connectivity index (χ0v) is 9.18. The number of primary amides is 1. The zero-order chi connectivity index (χ0) is 13.3. The van der Waals surface area contributed by atoms with Crippen molar-refractivity contribution in [3.05, 3.63) is 12.0 Å². The van der Waals surface area contributed by atoms with E-state index in [9.17, 15) is 15.0 Å². The minimum absolute atomic E-state index is 0.0762. The molecule has 0 aromatic carbocycles. The number of rotatable bonds is 4. The van der Waals surface area contributed by atoms with Crippen molar-refractivity contribution in [3.8, 4) is 5.88 Å². The Balaban J connectivity index is 2.10. The average molecular weight is 259 g/mol. The molecule has 1 aromatic rings. The number of hydrogen-bond acceptors (Lipinski definition) is 7. The van der Waals surface area contributed by atoms with E-state index in [-0.39, 0.29) is 11.6 Å². The molecule has 100 valence electrons. The van der Waals surface area contributed by atoms with Crippen LogP contribution in [0.25, 0.3) is 0 Å². The van der Waals surface area contributed by atoms with Crippen LogP contribution in [0, 0.1) is 0 Å². The Labute approximate surface area is 101 Å². The molecule has 0 aliphatic carbocycles. The van der Waals surface area contributed by atoms with Crippen molar-refractivity contribution in [2.45, 2.75) is 24.6 Å². The number of aliphatic hydroxyl groups is 3. The van der Waals surface area contributed by atoms with E-state index >= 15 is 0 Å². The third-order valence-electron chi connectivity index (χ3n) is 2.58. The number of amides is 1. The van der Waals surface area contributed by atoms with Crippen molar-refractivity contribution in [1.29, 1.82) is 0 Å². The standard InChI is InChI=1S/C9H13N3O6/c10-7(16)4-8(12-2-11-4)18-9-6(15)5(14)3(1-13)17-9/h2-3,5-6,9,13-15H,1H2,(H2,10,16)(H,11,12)/t3-,5+,6+,9-/m1/s1. The summed E-state index contributed by atoms with van der Waals surface area (Å²) in [6.07, 6.45) is -3.65. The normalized spacial score (nSPS) is 31.5. The molecule has 2 heterocycles. The highest BCUT2D eigenvalue weighted by atomic mass is 16.7. The van der Waals surface area contributed by atoms with Crippen LogP contribution in [0.4, 0.5) is 0 Å². The Kier molecular flexibility index (Phi) is 3.48. The molecule has 0 unspecified atom stereocenters. The van der Waals surface area contributed by atoms with Crippen molar-refractivity contribution in [2.75, 3.05) is 6.61 Å². The summed E-state index contributed by atoms with van der Waals surface area (Å²) < 4.78 is 10.2. The monoisotopic (exact) mass is 259 g/mol. The Bertz CT molecular complexity index is 436. The van der Waals surface area contributed by atoms with E-state index in [1.54, 1.807) is 0 Å². The lowest BCUT2D eigenvalue weighted by atomic mass is 10.1. The molecule has 9 heteroatoms. The lowest BCUT2D eigenvalue weighted by Gasteiger charge is -2.15. The summed E-state index contributed by atoms with van der Waals surface area (Å²) in [7, 11) is 0. The minimum Gasteiger partial charge on any atom is -0.443 e. The second kappa shape index (κ2) is 4.90. The van der Waals surface area contributed by atoms with Gasteiger partial charge in [0.2, 0.25) is 12.2 Å². The van der Waals surface area contributed by atoms with Gasteiger partial charge in [0.15, 0.2) is 5.69 Å². The molecule has 9 nitrogen and oxygen atoms in total. The molecule has 6 N–H and O–H groups in total. The third kappa shape index (κ3) is 2.16. The number of ether oxygens (including phenoxy) is 2. The van der Waals surface area contributed by atoms with E-state index in [4.69, 9.17) is 20.3 Å². The second-order valence-electron chi connectivity index (χ2n) is 3.77. The maximum atomic E-state index is 11.0. The lowest BCUT2D eigenvalue weighted by Crippen LogP contribution is -2.36. The molecule has 1 aliphatic rings. The number of carbonyl (C=O) groups is 1. The molecular formula is C9H13N3O6. The van der Waals surface area contributed by atoms with Crippen LogP contribution in [0.3, 0.4) is 0 Å². The van der Waals surface area contributed by atoms with Crippen LogP contribution in [-0.4, -0.2) is 62.4 Å². The highest BCUT2D eigenvalue weighted by Crippen LogP contribution is 2.24. The molecule has 1 aliphatic heterocycles. The van der Waals surface area contributed by atoms with Crippen LogP contribution >= 0.6 is 0 Å². The van der Waals surface area contributed by atoms with Crippen LogP contribution in [0.15, 0.2) is 6.33 Å². The SMILES string of the molecule is NC(=O)c1[nH]cnc1O[C@H]1O[C@H](CO)[C@H](O)[C@@H]1O. The Morgan fingerprint density at radius 3 is 2.83 bits per heavy atom. The van der Waals surface area contributed by atoms with Gasteiger partial charge in [0, 0.05) is 0 Å². The summed E-state index contributed by atoms with van der Waals surface area (Å²) in [4.78, 5) is 17.2. The van der Waals surface area contributed by atoms with Gasteiger partial charge in [-0.3, -0.25) is 4.79 Å². The predicted octanol–water partition coefficient (Wildman–Crippen LogP) is -2.67. The van der Waals surface area contributed by atoms with Gasteiger partial charge >= 0.3 is 0 Å². The summed E-state index contributed by atoms with van der Waals surface area (Å²) in [5.41, 5.74) is 4.99. The van der Waals surface area contributed by atoms with E-state index in [0.717, 1.165) is 0 Å². The topological polar surface area (TPSA) is 151 Å². The number of nitrogens with two attached hydrogens (primary N) is 1. The van der Waals surface area contributed by atoms with Crippen molar-refractivity contribution < 1.29 is 29.6 Å². The first-order valence-corrected chi connectivity index (χ1v) is 5.17. The van der Waals surface area contributed by atoms with Gasteiger partial charge in [-0.25, -0.2) is 4.98 Å². The Hall–Kier alpha value is -1.68. The number of aromatic amines is 1. The van der Waals surface area contributed by atoms with Crippen LogP contribution in [0.5, 0.6) is 5.88 Å². The van der Waals surface area contributed by atoms with Crippen LogP contribution < -0.4 is 10.5 Å². The fourth-order valence-corrected chi connectivity index (χ4v) is 1.62. The molecule has 18 heavy (non-hydrogen) atoms. The molecule has 4 atom stereocenters. The van der Waals surface area contributed by atoms with Crippen molar-refractivity contribution in [2.24, 2.45) is 5.73 Å². The number of aromatic nitrogens is 2. The lowest BCUT2D eigenvalue weighted by molar-refractivity contribution is -0.118. The van der Waals surface area contributed by atoms with Gasteiger partial charge in [0.25, 0.3) is 5.91 Å². The molecule has 1 aromatic heterocycles. The van der Waals surface area contributed by atoms with Gasteiger partial charge < -0.3 is 35.5 Å². The first kappa shape index (κ1) is 12.8. The largest absolute Gasteiger partial charge is 0.443 e. The molecular weight excluding hydrogens is 246 g/mol.